The second-order valence-electron chi connectivity index (χ2n) is 2.96. The predicted octanol–water partition coefficient (Wildman–Crippen LogP) is 2.25. The number of alkyl halides is 1. The fourth-order valence-corrected chi connectivity index (χ4v) is 1.09. The zero-order chi connectivity index (χ0) is 8.97. The van der Waals surface area contributed by atoms with Crippen LogP contribution < -0.4 is 0 Å². The number of halogens is 1. The summed E-state index contributed by atoms with van der Waals surface area (Å²) in [5, 5.41) is 8.86. The van der Waals surface area contributed by atoms with Gasteiger partial charge in [0.25, 0.3) is 0 Å². The Balaban J connectivity index is 2.86. The summed E-state index contributed by atoms with van der Waals surface area (Å²) in [5.41, 5.74) is 1.67. The van der Waals surface area contributed by atoms with Crippen molar-refractivity contribution in [2.75, 3.05) is 6.61 Å². The van der Waals surface area contributed by atoms with Crippen LogP contribution in [-0.4, -0.2) is 11.7 Å². The van der Waals surface area contributed by atoms with E-state index in [1.54, 1.807) is 12.1 Å². The molecule has 0 aliphatic carbocycles. The van der Waals surface area contributed by atoms with Crippen LogP contribution in [0.5, 0.6) is 0 Å². The zero-order valence-electron chi connectivity index (χ0n) is 7.13. The van der Waals surface area contributed by atoms with Crippen LogP contribution in [0.3, 0.4) is 0 Å². The van der Waals surface area contributed by atoms with Crippen molar-refractivity contribution >= 4 is 0 Å². The van der Waals surface area contributed by atoms with Gasteiger partial charge in [-0.3, -0.25) is 0 Å². The number of hydrogen-bond acceptors (Lipinski definition) is 1. The van der Waals surface area contributed by atoms with E-state index in [9.17, 15) is 4.39 Å². The molecule has 2 heteroatoms. The summed E-state index contributed by atoms with van der Waals surface area (Å²) in [7, 11) is 0. The van der Waals surface area contributed by atoms with Crippen molar-refractivity contribution in [1.82, 2.24) is 0 Å². The monoisotopic (exact) mass is 168 g/mol. The summed E-state index contributed by atoms with van der Waals surface area (Å²) in [6.45, 7) is 1.58. The van der Waals surface area contributed by atoms with E-state index in [2.05, 4.69) is 0 Å². The van der Waals surface area contributed by atoms with Crippen LogP contribution >= 0.6 is 0 Å². The number of benzene rings is 1. The first kappa shape index (κ1) is 9.20. The first-order valence-corrected chi connectivity index (χ1v) is 4.03. The zero-order valence-corrected chi connectivity index (χ0v) is 7.13. The van der Waals surface area contributed by atoms with Gasteiger partial charge >= 0.3 is 0 Å². The summed E-state index contributed by atoms with van der Waals surface area (Å²) in [6, 6.07) is 7.25. The molecule has 0 aromatic heterocycles. The average molecular weight is 168 g/mol. The highest BCUT2D eigenvalue weighted by atomic mass is 19.1. The van der Waals surface area contributed by atoms with E-state index in [4.69, 9.17) is 5.11 Å². The van der Waals surface area contributed by atoms with Crippen LogP contribution in [0.25, 0.3) is 0 Å². The maximum absolute atomic E-state index is 12.2. The van der Waals surface area contributed by atoms with E-state index in [0.29, 0.717) is 5.56 Å². The standard InChI is InChI=1S/C10H13FO/c1-8(7-12)10-4-2-3-9(5-10)6-11/h2-5,8,12H,6-7H2,1H3. The highest BCUT2D eigenvalue weighted by Crippen LogP contribution is 2.16. The molecule has 1 aromatic carbocycles. The topological polar surface area (TPSA) is 20.2 Å². The van der Waals surface area contributed by atoms with Gasteiger partial charge in [-0.2, -0.15) is 0 Å². The van der Waals surface area contributed by atoms with Crippen molar-refractivity contribution < 1.29 is 9.50 Å². The predicted molar refractivity (Wildman–Crippen MR) is 46.8 cm³/mol. The molecule has 1 N–H and O–H groups in total. The molecule has 0 aliphatic rings. The molecule has 0 saturated carbocycles. The number of hydrogen-bond donors (Lipinski definition) is 1. The summed E-state index contributed by atoms with van der Waals surface area (Å²) < 4.78 is 12.2. The molecule has 0 spiro atoms. The number of rotatable bonds is 3. The van der Waals surface area contributed by atoms with Gasteiger partial charge in [-0.05, 0) is 11.1 Å². The summed E-state index contributed by atoms with van der Waals surface area (Å²) in [5.74, 6) is 0.0940. The fourth-order valence-electron chi connectivity index (χ4n) is 1.09. The van der Waals surface area contributed by atoms with E-state index >= 15 is 0 Å². The largest absolute Gasteiger partial charge is 0.396 e. The van der Waals surface area contributed by atoms with Crippen LogP contribution in [0.4, 0.5) is 4.39 Å². The summed E-state index contributed by atoms with van der Waals surface area (Å²) in [4.78, 5) is 0. The molecule has 0 saturated heterocycles. The van der Waals surface area contributed by atoms with Crippen molar-refractivity contribution in [2.24, 2.45) is 0 Å². The third kappa shape index (κ3) is 2.05. The van der Waals surface area contributed by atoms with Gasteiger partial charge < -0.3 is 5.11 Å². The molecule has 12 heavy (non-hydrogen) atoms. The molecule has 66 valence electrons. The lowest BCUT2D eigenvalue weighted by Crippen LogP contribution is -1.98. The molecule has 1 unspecified atom stereocenters. The molecular formula is C10H13FO. The molecule has 0 aliphatic heterocycles. The Morgan fingerprint density at radius 3 is 2.83 bits per heavy atom. The molecule has 0 heterocycles. The van der Waals surface area contributed by atoms with Gasteiger partial charge in [0.15, 0.2) is 0 Å². The van der Waals surface area contributed by atoms with Gasteiger partial charge in [0, 0.05) is 12.5 Å². The minimum atomic E-state index is -0.439. The fraction of sp³-hybridized carbons (Fsp3) is 0.400. The number of aliphatic hydroxyl groups is 1. The van der Waals surface area contributed by atoms with Crippen LogP contribution in [0.1, 0.15) is 24.0 Å². The quantitative estimate of drug-likeness (QED) is 0.734. The maximum atomic E-state index is 12.2. The van der Waals surface area contributed by atoms with Gasteiger partial charge in [-0.15, -0.1) is 0 Å². The molecule has 0 bridgehead atoms. The molecule has 0 amide bonds. The molecule has 1 rings (SSSR count). The number of aliphatic hydroxyl groups excluding tert-OH is 1. The Morgan fingerprint density at radius 2 is 2.25 bits per heavy atom. The van der Waals surface area contributed by atoms with E-state index in [0.717, 1.165) is 5.56 Å². The molecule has 1 aromatic rings. The lowest BCUT2D eigenvalue weighted by molar-refractivity contribution is 0.273. The summed E-state index contributed by atoms with van der Waals surface area (Å²) in [6.07, 6.45) is 0. The van der Waals surface area contributed by atoms with Gasteiger partial charge in [0.05, 0.1) is 0 Å². The van der Waals surface area contributed by atoms with Gasteiger partial charge in [-0.25, -0.2) is 4.39 Å². The Hall–Kier alpha value is -0.890. The van der Waals surface area contributed by atoms with Crippen LogP contribution in [0, 0.1) is 0 Å². The highest BCUT2D eigenvalue weighted by molar-refractivity contribution is 5.25. The van der Waals surface area contributed by atoms with E-state index in [1.807, 2.05) is 19.1 Å². The third-order valence-corrected chi connectivity index (χ3v) is 1.95. The third-order valence-electron chi connectivity index (χ3n) is 1.95. The van der Waals surface area contributed by atoms with Crippen molar-refractivity contribution in [2.45, 2.75) is 19.5 Å². The van der Waals surface area contributed by atoms with Crippen molar-refractivity contribution in [3.63, 3.8) is 0 Å². The van der Waals surface area contributed by atoms with E-state index in [-0.39, 0.29) is 12.5 Å². The minimum absolute atomic E-state index is 0.0940. The Kier molecular flexibility index (Phi) is 3.23. The van der Waals surface area contributed by atoms with Gasteiger partial charge in [0.2, 0.25) is 0 Å². The van der Waals surface area contributed by atoms with Crippen LogP contribution in [0.15, 0.2) is 24.3 Å². The normalized spacial score (nSPS) is 12.9. The van der Waals surface area contributed by atoms with Gasteiger partial charge in [0.1, 0.15) is 6.67 Å². The Morgan fingerprint density at radius 1 is 1.50 bits per heavy atom. The summed E-state index contributed by atoms with van der Waals surface area (Å²) >= 11 is 0. The lowest BCUT2D eigenvalue weighted by Gasteiger charge is -2.08. The van der Waals surface area contributed by atoms with Gasteiger partial charge in [-0.1, -0.05) is 31.2 Å². The van der Waals surface area contributed by atoms with Crippen molar-refractivity contribution in [3.8, 4) is 0 Å². The molecule has 1 atom stereocenters. The van der Waals surface area contributed by atoms with Crippen molar-refractivity contribution in [3.05, 3.63) is 35.4 Å². The average Bonchev–Trinajstić information content (AvgIpc) is 2.17. The Bertz CT molecular complexity index is 247. The molecule has 1 nitrogen and oxygen atoms in total. The van der Waals surface area contributed by atoms with Crippen LogP contribution in [0.2, 0.25) is 0 Å². The molecule has 0 fully saturated rings. The van der Waals surface area contributed by atoms with E-state index in [1.165, 1.54) is 0 Å². The first-order chi connectivity index (χ1) is 5.77. The smallest absolute Gasteiger partial charge is 0.115 e. The lowest BCUT2D eigenvalue weighted by atomic mass is 10.0. The van der Waals surface area contributed by atoms with E-state index < -0.39 is 6.67 Å². The first-order valence-electron chi connectivity index (χ1n) is 4.03. The maximum Gasteiger partial charge on any atom is 0.115 e. The second kappa shape index (κ2) is 4.21. The Labute approximate surface area is 71.9 Å². The molecular weight excluding hydrogens is 155 g/mol. The second-order valence-corrected chi connectivity index (χ2v) is 2.96. The van der Waals surface area contributed by atoms with Crippen LogP contribution in [-0.2, 0) is 6.67 Å². The highest BCUT2D eigenvalue weighted by Gasteiger charge is 2.03. The molecule has 0 radical (unpaired) electrons. The SMILES string of the molecule is CC(CO)c1cccc(CF)c1. The minimum Gasteiger partial charge on any atom is -0.396 e. The van der Waals surface area contributed by atoms with Crippen molar-refractivity contribution in [1.29, 1.82) is 0 Å².